The van der Waals surface area contributed by atoms with E-state index in [1.165, 1.54) is 0 Å². The molecule has 0 spiro atoms. The van der Waals surface area contributed by atoms with Gasteiger partial charge in [0.2, 0.25) is 0 Å². The number of carbonyl (C=O) groups excluding carboxylic acids is 1. The Kier molecular flexibility index (Phi) is 6.23. The van der Waals surface area contributed by atoms with Crippen LogP contribution in [0.5, 0.6) is 0 Å². The van der Waals surface area contributed by atoms with Crippen molar-refractivity contribution in [3.05, 3.63) is 34.9 Å². The fourth-order valence-electron chi connectivity index (χ4n) is 2.65. The summed E-state index contributed by atoms with van der Waals surface area (Å²) in [6.07, 6.45) is -0.865. The number of halogens is 1. The summed E-state index contributed by atoms with van der Waals surface area (Å²) < 4.78 is 16.7. The number of amides is 1. The van der Waals surface area contributed by atoms with Crippen molar-refractivity contribution in [2.24, 2.45) is 0 Å². The number of hydrogen-bond acceptors (Lipinski definition) is 4. The summed E-state index contributed by atoms with van der Waals surface area (Å²) in [6, 6.07) is 6.90. The van der Waals surface area contributed by atoms with E-state index in [-0.39, 0.29) is 0 Å². The van der Waals surface area contributed by atoms with Crippen molar-refractivity contribution in [3.8, 4) is 11.8 Å². The lowest BCUT2D eigenvalue weighted by molar-refractivity contribution is -0.0608. The van der Waals surface area contributed by atoms with Gasteiger partial charge in [0.1, 0.15) is 23.5 Å². The Morgan fingerprint density at radius 3 is 2.50 bits per heavy atom. The number of methoxy groups -OCH3 is 1. The standard InChI is InChI=1S/C20H26ClNO4/c1-19(2,3)26-18(23)22-16(13-25-20(22,4)5)11-12-17(24-6)14-7-9-15(21)10-8-14/h7-10,16-17H,13H2,1-6H3. The smallest absolute Gasteiger partial charge is 0.413 e. The lowest BCUT2D eigenvalue weighted by Crippen LogP contribution is -2.49. The molecule has 1 aromatic rings. The van der Waals surface area contributed by atoms with Gasteiger partial charge in [-0.15, -0.1) is 0 Å². The first-order valence-electron chi connectivity index (χ1n) is 8.49. The average Bonchev–Trinajstić information content (AvgIpc) is 2.82. The highest BCUT2D eigenvalue weighted by Gasteiger charge is 2.45. The third kappa shape index (κ3) is 5.14. The predicted molar refractivity (Wildman–Crippen MR) is 101 cm³/mol. The summed E-state index contributed by atoms with van der Waals surface area (Å²) >= 11 is 5.93. The molecule has 2 rings (SSSR count). The van der Waals surface area contributed by atoms with Crippen LogP contribution in [0.1, 0.15) is 46.3 Å². The molecule has 142 valence electrons. The number of ether oxygens (including phenoxy) is 3. The molecule has 5 nitrogen and oxygen atoms in total. The second kappa shape index (κ2) is 7.87. The fraction of sp³-hybridized carbons (Fsp3) is 0.550. The molecule has 1 aromatic carbocycles. The molecule has 2 unspecified atom stereocenters. The van der Waals surface area contributed by atoms with E-state index in [2.05, 4.69) is 11.8 Å². The topological polar surface area (TPSA) is 48.0 Å². The van der Waals surface area contributed by atoms with Gasteiger partial charge in [0, 0.05) is 12.1 Å². The van der Waals surface area contributed by atoms with Crippen LogP contribution in [0.3, 0.4) is 0 Å². The highest BCUT2D eigenvalue weighted by atomic mass is 35.5. The largest absolute Gasteiger partial charge is 0.444 e. The minimum Gasteiger partial charge on any atom is -0.444 e. The molecule has 2 atom stereocenters. The third-order valence-corrected chi connectivity index (χ3v) is 4.12. The van der Waals surface area contributed by atoms with Crippen LogP contribution in [-0.2, 0) is 14.2 Å². The van der Waals surface area contributed by atoms with Crippen molar-refractivity contribution < 1.29 is 19.0 Å². The van der Waals surface area contributed by atoms with Crippen molar-refractivity contribution in [1.82, 2.24) is 4.90 Å². The highest BCUT2D eigenvalue weighted by Crippen LogP contribution is 2.29. The summed E-state index contributed by atoms with van der Waals surface area (Å²) in [5.74, 6) is 6.20. The van der Waals surface area contributed by atoms with Gasteiger partial charge in [0.05, 0.1) is 6.61 Å². The van der Waals surface area contributed by atoms with Crippen LogP contribution in [0.2, 0.25) is 5.02 Å². The second-order valence-corrected chi connectivity index (χ2v) is 8.02. The average molecular weight is 380 g/mol. The van der Waals surface area contributed by atoms with E-state index in [0.717, 1.165) is 5.56 Å². The van der Waals surface area contributed by atoms with Crippen LogP contribution < -0.4 is 0 Å². The second-order valence-electron chi connectivity index (χ2n) is 7.58. The molecule has 1 amide bonds. The van der Waals surface area contributed by atoms with Gasteiger partial charge < -0.3 is 14.2 Å². The maximum atomic E-state index is 12.6. The van der Waals surface area contributed by atoms with Gasteiger partial charge in [-0.3, -0.25) is 4.90 Å². The zero-order valence-corrected chi connectivity index (χ0v) is 16.9. The maximum absolute atomic E-state index is 12.6. The molecule has 0 aromatic heterocycles. The van der Waals surface area contributed by atoms with Gasteiger partial charge in [0.15, 0.2) is 0 Å². The maximum Gasteiger partial charge on any atom is 0.413 e. The van der Waals surface area contributed by atoms with E-state index < -0.39 is 29.6 Å². The number of benzene rings is 1. The molecule has 26 heavy (non-hydrogen) atoms. The van der Waals surface area contributed by atoms with Crippen molar-refractivity contribution in [2.75, 3.05) is 13.7 Å². The van der Waals surface area contributed by atoms with Crippen LogP contribution >= 0.6 is 11.6 Å². The monoisotopic (exact) mass is 379 g/mol. The van der Waals surface area contributed by atoms with Crippen molar-refractivity contribution in [2.45, 2.75) is 58.1 Å². The van der Waals surface area contributed by atoms with Gasteiger partial charge in [-0.25, -0.2) is 4.79 Å². The molecule has 0 aliphatic carbocycles. The Morgan fingerprint density at radius 2 is 1.96 bits per heavy atom. The van der Waals surface area contributed by atoms with Crippen LogP contribution in [0.4, 0.5) is 4.79 Å². The summed E-state index contributed by atoms with van der Waals surface area (Å²) in [5, 5.41) is 0.651. The molecule has 1 fully saturated rings. The lowest BCUT2D eigenvalue weighted by Gasteiger charge is -2.33. The van der Waals surface area contributed by atoms with E-state index in [1.807, 2.05) is 46.8 Å². The minimum absolute atomic E-state index is 0.316. The lowest BCUT2D eigenvalue weighted by atomic mass is 10.1. The zero-order chi connectivity index (χ0) is 19.5. The van der Waals surface area contributed by atoms with Crippen molar-refractivity contribution >= 4 is 17.7 Å². The van der Waals surface area contributed by atoms with Crippen molar-refractivity contribution in [1.29, 1.82) is 0 Å². The van der Waals surface area contributed by atoms with E-state index in [0.29, 0.717) is 11.6 Å². The van der Waals surface area contributed by atoms with Crippen LogP contribution in [0.25, 0.3) is 0 Å². The summed E-state index contributed by atoms with van der Waals surface area (Å²) in [5.41, 5.74) is -0.484. The number of carbonyl (C=O) groups is 1. The first-order chi connectivity index (χ1) is 12.0. The quantitative estimate of drug-likeness (QED) is 0.714. The Hall–Kier alpha value is -1.74. The normalized spacial score (nSPS) is 20.3. The summed E-state index contributed by atoms with van der Waals surface area (Å²) in [7, 11) is 1.59. The third-order valence-electron chi connectivity index (χ3n) is 3.87. The molecular weight excluding hydrogens is 354 g/mol. The Bertz CT molecular complexity index is 697. The van der Waals surface area contributed by atoms with E-state index in [1.54, 1.807) is 24.1 Å². The molecule has 1 heterocycles. The minimum atomic E-state index is -0.787. The molecular formula is C20H26ClNO4. The summed E-state index contributed by atoms with van der Waals surface area (Å²) in [6.45, 7) is 9.46. The van der Waals surface area contributed by atoms with E-state index in [9.17, 15) is 4.79 Å². The predicted octanol–water partition coefficient (Wildman–Crippen LogP) is 4.40. The fourth-order valence-corrected chi connectivity index (χ4v) is 2.78. The Labute approximate surface area is 160 Å². The van der Waals surface area contributed by atoms with Gasteiger partial charge >= 0.3 is 6.09 Å². The first-order valence-corrected chi connectivity index (χ1v) is 8.87. The van der Waals surface area contributed by atoms with Crippen LogP contribution in [0.15, 0.2) is 24.3 Å². The van der Waals surface area contributed by atoms with Crippen LogP contribution in [-0.4, -0.2) is 42.1 Å². The summed E-state index contributed by atoms with van der Waals surface area (Å²) in [4.78, 5) is 14.2. The molecule has 0 N–H and O–H groups in total. The van der Waals surface area contributed by atoms with Gasteiger partial charge in [-0.1, -0.05) is 35.6 Å². The first kappa shape index (κ1) is 20.6. The van der Waals surface area contributed by atoms with Crippen molar-refractivity contribution in [3.63, 3.8) is 0 Å². The number of nitrogens with zero attached hydrogens (tertiary/aromatic N) is 1. The Balaban J connectivity index is 2.22. The molecule has 1 aliphatic rings. The van der Waals surface area contributed by atoms with Gasteiger partial charge in [0.25, 0.3) is 0 Å². The zero-order valence-electron chi connectivity index (χ0n) is 16.1. The molecule has 1 saturated heterocycles. The SMILES string of the molecule is COC(C#CC1COC(C)(C)N1C(=O)OC(C)(C)C)c1ccc(Cl)cc1. The molecule has 0 bridgehead atoms. The Morgan fingerprint density at radius 1 is 1.35 bits per heavy atom. The van der Waals surface area contributed by atoms with Gasteiger partial charge in [-0.2, -0.15) is 0 Å². The van der Waals surface area contributed by atoms with Gasteiger partial charge in [-0.05, 0) is 52.3 Å². The van der Waals surface area contributed by atoms with Crippen LogP contribution in [0, 0.1) is 11.8 Å². The molecule has 1 aliphatic heterocycles. The molecule has 0 radical (unpaired) electrons. The number of hydrogen-bond donors (Lipinski definition) is 0. The highest BCUT2D eigenvalue weighted by molar-refractivity contribution is 6.30. The van der Waals surface area contributed by atoms with E-state index in [4.69, 9.17) is 25.8 Å². The molecule has 6 heteroatoms. The molecule has 0 saturated carbocycles. The van der Waals surface area contributed by atoms with E-state index >= 15 is 0 Å². The number of rotatable bonds is 2.